The summed E-state index contributed by atoms with van der Waals surface area (Å²) in [6.07, 6.45) is 2.37. The number of rotatable bonds is 5. The van der Waals surface area contributed by atoms with E-state index in [0.717, 1.165) is 39.6 Å². The Labute approximate surface area is 166 Å². The van der Waals surface area contributed by atoms with Crippen LogP contribution in [0.2, 0.25) is 0 Å². The molecule has 0 aliphatic carbocycles. The molecule has 2 saturated heterocycles. The molecule has 2 aliphatic heterocycles. The molecule has 28 heavy (non-hydrogen) atoms. The van der Waals surface area contributed by atoms with E-state index in [2.05, 4.69) is 15.6 Å². The van der Waals surface area contributed by atoms with E-state index < -0.39 is 17.5 Å². The minimum atomic E-state index is -0.971. The van der Waals surface area contributed by atoms with Crippen molar-refractivity contribution in [1.29, 1.82) is 0 Å². The van der Waals surface area contributed by atoms with Crippen LogP contribution in [0.4, 0.5) is 4.79 Å². The van der Waals surface area contributed by atoms with Gasteiger partial charge in [-0.3, -0.25) is 19.9 Å². The van der Waals surface area contributed by atoms with Crippen molar-refractivity contribution in [2.45, 2.75) is 44.7 Å². The molecule has 4 rings (SSSR count). The predicted octanol–water partition coefficient (Wildman–Crippen LogP) is 2.18. The van der Waals surface area contributed by atoms with Crippen molar-refractivity contribution in [3.63, 3.8) is 0 Å². The van der Waals surface area contributed by atoms with Crippen molar-refractivity contribution in [1.82, 2.24) is 25.6 Å². The van der Waals surface area contributed by atoms with E-state index in [0.29, 0.717) is 6.42 Å². The smallest absolute Gasteiger partial charge is 0.322 e. The van der Waals surface area contributed by atoms with Gasteiger partial charge in [-0.25, -0.2) is 9.78 Å². The normalized spacial score (nSPS) is 25.5. The first-order valence-corrected chi connectivity index (χ1v) is 10.3. The molecule has 9 heteroatoms. The third-order valence-electron chi connectivity index (χ3n) is 5.51. The number of imide groups is 1. The number of likely N-dealkylation sites (tertiary alicyclic amines) is 1. The third-order valence-corrected chi connectivity index (χ3v) is 6.65. The highest BCUT2D eigenvalue weighted by atomic mass is 32.1. The zero-order valence-electron chi connectivity index (χ0n) is 15.9. The zero-order chi connectivity index (χ0) is 19.9. The fraction of sp³-hybridized carbons (Fsp3) is 0.474. The van der Waals surface area contributed by atoms with Gasteiger partial charge in [-0.1, -0.05) is 19.1 Å². The zero-order valence-corrected chi connectivity index (χ0v) is 16.7. The monoisotopic (exact) mass is 401 g/mol. The van der Waals surface area contributed by atoms with Gasteiger partial charge in [0, 0.05) is 0 Å². The Bertz CT molecular complexity index is 912. The maximum Gasteiger partial charge on any atom is 0.344 e. The van der Waals surface area contributed by atoms with Crippen molar-refractivity contribution in [3.05, 3.63) is 29.3 Å². The van der Waals surface area contributed by atoms with Crippen LogP contribution in [-0.4, -0.2) is 51.4 Å². The van der Waals surface area contributed by atoms with E-state index in [1.54, 1.807) is 18.3 Å². The number of hydrogen-bond donors (Lipinski definition) is 2. The number of hydrazine groups is 1. The number of aromatic nitrogens is 1. The Kier molecular flexibility index (Phi) is 4.80. The minimum Gasteiger partial charge on any atom is -0.322 e. The van der Waals surface area contributed by atoms with Gasteiger partial charge in [0.2, 0.25) is 0 Å². The highest BCUT2D eigenvalue weighted by Gasteiger charge is 2.47. The molecule has 4 amide bonds. The number of nitrogens with zero attached hydrogens (tertiary/aromatic N) is 3. The van der Waals surface area contributed by atoms with Crippen LogP contribution < -0.4 is 10.7 Å². The highest BCUT2D eigenvalue weighted by Crippen LogP contribution is 2.36. The number of carbonyl (C=O) groups excluding carboxylic acids is 3. The Morgan fingerprint density at radius 3 is 2.89 bits per heavy atom. The highest BCUT2D eigenvalue weighted by molar-refractivity contribution is 7.18. The van der Waals surface area contributed by atoms with Crippen LogP contribution in [0, 0.1) is 0 Å². The molecular weight excluding hydrogens is 378 g/mol. The van der Waals surface area contributed by atoms with Gasteiger partial charge in [-0.15, -0.1) is 11.3 Å². The molecule has 0 radical (unpaired) electrons. The molecule has 2 N–H and O–H groups in total. The van der Waals surface area contributed by atoms with E-state index in [-0.39, 0.29) is 18.5 Å². The second-order valence-corrected chi connectivity index (χ2v) is 8.50. The van der Waals surface area contributed by atoms with Gasteiger partial charge in [0.05, 0.1) is 22.8 Å². The molecule has 1 aromatic heterocycles. The van der Waals surface area contributed by atoms with Gasteiger partial charge in [0.1, 0.15) is 10.5 Å². The number of fused-ring (bicyclic) bond motifs is 1. The summed E-state index contributed by atoms with van der Waals surface area (Å²) in [4.78, 5) is 43.8. The molecular formula is C19H23N5O3S. The van der Waals surface area contributed by atoms with Crippen molar-refractivity contribution in [2.75, 3.05) is 13.1 Å². The molecule has 0 spiro atoms. The Morgan fingerprint density at radius 2 is 2.18 bits per heavy atom. The van der Waals surface area contributed by atoms with Crippen LogP contribution in [0.1, 0.15) is 44.2 Å². The summed E-state index contributed by atoms with van der Waals surface area (Å²) in [6, 6.07) is 7.48. The fourth-order valence-corrected chi connectivity index (χ4v) is 4.83. The Balaban J connectivity index is 1.44. The lowest BCUT2D eigenvalue weighted by Gasteiger charge is -2.24. The molecule has 0 saturated carbocycles. The van der Waals surface area contributed by atoms with E-state index in [1.807, 2.05) is 31.2 Å². The second-order valence-electron chi connectivity index (χ2n) is 7.44. The standard InChI is InChI=1S/C19H23N5O3S/c1-3-19(2)17(26)24(18(27)21-19)22-15(25)11-23-10-6-8-13(23)16-20-12-7-4-5-9-14(12)28-16/h4-5,7,9,13H,3,6,8,10-11H2,1-2H3,(H,21,27)(H,22,25)/t13-,19+/m0/s1. The summed E-state index contributed by atoms with van der Waals surface area (Å²) in [7, 11) is 0. The number of thiazole rings is 1. The quantitative estimate of drug-likeness (QED) is 0.749. The fourth-order valence-electron chi connectivity index (χ4n) is 3.70. The van der Waals surface area contributed by atoms with Crippen molar-refractivity contribution >= 4 is 39.4 Å². The lowest BCUT2D eigenvalue weighted by molar-refractivity contribution is -0.139. The van der Waals surface area contributed by atoms with E-state index >= 15 is 0 Å². The first kappa shape index (κ1) is 18.8. The van der Waals surface area contributed by atoms with Crippen LogP contribution in [0.15, 0.2) is 24.3 Å². The van der Waals surface area contributed by atoms with Gasteiger partial charge in [0.15, 0.2) is 0 Å². The number of benzene rings is 1. The minimum absolute atomic E-state index is 0.0761. The summed E-state index contributed by atoms with van der Waals surface area (Å²) < 4.78 is 1.13. The summed E-state index contributed by atoms with van der Waals surface area (Å²) in [5.41, 5.74) is 2.47. The van der Waals surface area contributed by atoms with Crippen molar-refractivity contribution in [2.24, 2.45) is 0 Å². The molecule has 148 valence electrons. The summed E-state index contributed by atoms with van der Waals surface area (Å²) >= 11 is 1.65. The molecule has 3 heterocycles. The van der Waals surface area contributed by atoms with Gasteiger partial charge in [-0.2, -0.15) is 5.01 Å². The molecule has 0 unspecified atom stereocenters. The summed E-state index contributed by atoms with van der Waals surface area (Å²) in [5, 5.41) is 4.43. The number of urea groups is 1. The van der Waals surface area contributed by atoms with Gasteiger partial charge in [0.25, 0.3) is 11.8 Å². The lowest BCUT2D eigenvalue weighted by atomic mass is 10.00. The molecule has 2 aliphatic rings. The van der Waals surface area contributed by atoms with Crippen LogP contribution in [0.3, 0.4) is 0 Å². The molecule has 2 aromatic rings. The largest absolute Gasteiger partial charge is 0.344 e. The first-order valence-electron chi connectivity index (χ1n) is 9.47. The molecule has 2 fully saturated rings. The maximum atomic E-state index is 12.6. The predicted molar refractivity (Wildman–Crippen MR) is 105 cm³/mol. The summed E-state index contributed by atoms with van der Waals surface area (Å²) in [6.45, 7) is 4.36. The van der Waals surface area contributed by atoms with Gasteiger partial charge >= 0.3 is 6.03 Å². The maximum absolute atomic E-state index is 12.6. The number of carbonyl (C=O) groups is 3. The lowest BCUT2D eigenvalue weighted by Crippen LogP contribution is -2.51. The topological polar surface area (TPSA) is 94.6 Å². The van der Waals surface area contributed by atoms with Crippen molar-refractivity contribution in [3.8, 4) is 0 Å². The van der Waals surface area contributed by atoms with Crippen LogP contribution in [0.25, 0.3) is 10.2 Å². The van der Waals surface area contributed by atoms with Gasteiger partial charge < -0.3 is 5.32 Å². The average Bonchev–Trinajstić information content (AvgIpc) is 3.35. The molecule has 1 aromatic carbocycles. The second kappa shape index (κ2) is 7.14. The van der Waals surface area contributed by atoms with Crippen LogP contribution in [-0.2, 0) is 9.59 Å². The van der Waals surface area contributed by atoms with E-state index in [1.165, 1.54) is 0 Å². The number of para-hydroxylation sites is 1. The Morgan fingerprint density at radius 1 is 1.39 bits per heavy atom. The van der Waals surface area contributed by atoms with Gasteiger partial charge in [-0.05, 0) is 44.9 Å². The van der Waals surface area contributed by atoms with E-state index in [9.17, 15) is 14.4 Å². The summed E-state index contributed by atoms with van der Waals surface area (Å²) in [5.74, 6) is -0.811. The number of amides is 4. The third kappa shape index (κ3) is 3.24. The SMILES string of the molecule is CC[C@@]1(C)NC(=O)N(NC(=O)CN2CCC[C@H]2c2nc3ccccc3s2)C1=O. The molecule has 8 nitrogen and oxygen atoms in total. The van der Waals surface area contributed by atoms with E-state index in [4.69, 9.17) is 4.98 Å². The van der Waals surface area contributed by atoms with Crippen molar-refractivity contribution < 1.29 is 14.4 Å². The van der Waals surface area contributed by atoms with Crippen LogP contribution in [0.5, 0.6) is 0 Å². The Hall–Kier alpha value is -2.52. The van der Waals surface area contributed by atoms with Crippen LogP contribution >= 0.6 is 11.3 Å². The average molecular weight is 401 g/mol. The number of nitrogens with one attached hydrogen (secondary N) is 2. The number of hydrogen-bond acceptors (Lipinski definition) is 6. The molecule has 0 bridgehead atoms. The first-order chi connectivity index (χ1) is 13.4. The molecule has 2 atom stereocenters.